The van der Waals surface area contributed by atoms with Crippen LogP contribution in [0.5, 0.6) is 5.75 Å². The van der Waals surface area contributed by atoms with Gasteiger partial charge in [0.25, 0.3) is 5.56 Å². The molecule has 0 saturated carbocycles. The van der Waals surface area contributed by atoms with Crippen molar-refractivity contribution in [1.82, 2.24) is 19.4 Å². The van der Waals surface area contributed by atoms with Crippen LogP contribution < -0.4 is 36.7 Å². The summed E-state index contributed by atoms with van der Waals surface area (Å²) in [4.78, 5) is 64.3. The van der Waals surface area contributed by atoms with Gasteiger partial charge in [-0.2, -0.15) is 0 Å². The minimum Gasteiger partial charge on any atom is -0.458 e. The van der Waals surface area contributed by atoms with Crippen LogP contribution >= 0.6 is 0 Å². The van der Waals surface area contributed by atoms with Crippen molar-refractivity contribution in [2.75, 3.05) is 56.1 Å². The minimum absolute atomic E-state index is 0.0477. The molecule has 4 aliphatic heterocycles. The molecule has 1 unspecified atom stereocenters. The molecule has 2 aliphatic carbocycles. The number of aliphatic hydroxyl groups is 1. The van der Waals surface area contributed by atoms with Crippen LogP contribution in [0.1, 0.15) is 100 Å². The number of esters is 1. The number of nitrogens with zero attached hydrogens (tertiary/aromatic N) is 6. The summed E-state index contributed by atoms with van der Waals surface area (Å²) < 4.78 is 23.0. The Morgan fingerprint density at radius 2 is 1.72 bits per heavy atom. The van der Waals surface area contributed by atoms with Gasteiger partial charge in [-0.05, 0) is 42.7 Å². The summed E-state index contributed by atoms with van der Waals surface area (Å²) in [6.45, 7) is 14.0. The minimum atomic E-state index is -1.92. The number of fused-ring (bicyclic) bond motifs is 7. The third-order valence-corrected chi connectivity index (χ3v) is 18.2. The number of amides is 2. The van der Waals surface area contributed by atoms with Gasteiger partial charge in [0.2, 0.25) is 0 Å². The van der Waals surface area contributed by atoms with E-state index in [1.165, 1.54) is 62.4 Å². The molecule has 0 radical (unpaired) electrons. The molecule has 10 rings (SSSR count). The van der Waals surface area contributed by atoms with Crippen molar-refractivity contribution in [3.05, 3.63) is 116 Å². The normalized spacial score (nSPS) is 21.5. The van der Waals surface area contributed by atoms with Gasteiger partial charge in [0.1, 0.15) is 12.4 Å². The molecule has 2 aromatic carbocycles. The number of aryl methyl sites for hydroxylation is 1. The maximum atomic E-state index is 13.9. The number of allylic oxidation sites excluding steroid dienone is 5. The zero-order valence-corrected chi connectivity index (χ0v) is 42.8. The van der Waals surface area contributed by atoms with Crippen molar-refractivity contribution < 1.29 is 58.0 Å². The first-order valence-corrected chi connectivity index (χ1v) is 26.9. The number of rotatable bonds is 9. The maximum absolute atomic E-state index is 13.9. The third-order valence-electron chi connectivity index (χ3n) is 15.1. The second-order valence-corrected chi connectivity index (χ2v) is 22.5. The number of halogens is 1. The van der Waals surface area contributed by atoms with E-state index in [1.54, 1.807) is 49.9 Å². The van der Waals surface area contributed by atoms with E-state index in [-0.39, 0.29) is 76.2 Å². The number of carbonyl (C=O) groups excluding carboxylic acids is 3. The van der Waals surface area contributed by atoms with Crippen LogP contribution in [0.15, 0.2) is 76.6 Å². The quantitative estimate of drug-likeness (QED) is 0.0961. The van der Waals surface area contributed by atoms with E-state index < -0.39 is 29.9 Å². The molecule has 6 aliphatic rings. The van der Waals surface area contributed by atoms with Gasteiger partial charge < -0.3 is 24.0 Å². The second kappa shape index (κ2) is 18.2. The van der Waals surface area contributed by atoms with Gasteiger partial charge in [-0.3, -0.25) is 4.79 Å². The molecule has 2 fully saturated rings. The summed E-state index contributed by atoms with van der Waals surface area (Å²) in [6.07, 6.45) is 10.9. The van der Waals surface area contributed by atoms with Gasteiger partial charge in [0, 0.05) is 23.6 Å². The second-order valence-electron chi connectivity index (χ2n) is 19.6. The van der Waals surface area contributed by atoms with Crippen molar-refractivity contribution in [2.45, 2.75) is 103 Å². The van der Waals surface area contributed by atoms with E-state index in [9.17, 15) is 24.3 Å². The van der Waals surface area contributed by atoms with Crippen LogP contribution in [0, 0.1) is 0 Å². The summed E-state index contributed by atoms with van der Waals surface area (Å²) in [5.74, 6) is -0.438. The molecule has 2 amide bonds. The molecule has 2 aromatic heterocycles. The first kappa shape index (κ1) is 46.9. The zero-order chi connectivity index (χ0) is 48.5. The smallest absolute Gasteiger partial charge is 0.343 e. The summed E-state index contributed by atoms with van der Waals surface area (Å²) in [6, 6.07) is 13.8. The van der Waals surface area contributed by atoms with Gasteiger partial charge in [-0.1, -0.05) is 13.8 Å². The van der Waals surface area contributed by atoms with Crippen LogP contribution in [-0.4, -0.2) is 108 Å². The monoisotopic (exact) mass is 1050 g/mol. The van der Waals surface area contributed by atoms with Crippen molar-refractivity contribution in [2.24, 2.45) is 0 Å². The van der Waals surface area contributed by atoms with E-state index >= 15 is 0 Å². The Morgan fingerprint density at radius 3 is 2.45 bits per heavy atom. The van der Waals surface area contributed by atoms with Crippen LogP contribution in [0.3, 0.4) is 0 Å². The number of ether oxygens (including phenoxy) is 3. The van der Waals surface area contributed by atoms with Crippen molar-refractivity contribution in [1.29, 1.82) is 0 Å². The number of likely N-dealkylation sites (N-methyl/N-ethyl adjacent to an activating group) is 2. The summed E-state index contributed by atoms with van der Waals surface area (Å²) >= 11 is -0.0477. The molecule has 0 spiro atoms. The molecule has 362 valence electrons. The Balaban J connectivity index is 0.837. The fraction of sp³-hybridized carbons (Fsp3) is 0.444. The average Bonchev–Trinajstić information content (AvgIpc) is 4.03. The van der Waals surface area contributed by atoms with Crippen LogP contribution in [-0.2, 0) is 44.9 Å². The summed E-state index contributed by atoms with van der Waals surface area (Å²) in [5.41, 5.74) is 9.90. The maximum Gasteiger partial charge on any atom is 0.343 e. The van der Waals surface area contributed by atoms with Crippen molar-refractivity contribution in [3.63, 3.8) is 0 Å². The van der Waals surface area contributed by atoms with Crippen molar-refractivity contribution >= 4 is 46.0 Å². The van der Waals surface area contributed by atoms with E-state index in [1.807, 2.05) is 13.8 Å². The number of benzene rings is 2. The first-order chi connectivity index (χ1) is 33.1. The van der Waals surface area contributed by atoms with Gasteiger partial charge >= 0.3 is 240 Å². The molecule has 4 aromatic rings. The number of aromatic nitrogens is 2. The Labute approximate surface area is 413 Å². The fourth-order valence-corrected chi connectivity index (χ4v) is 13.8. The molecule has 14 nitrogen and oxygen atoms in total. The number of cyclic esters (lactones) is 1. The van der Waals surface area contributed by atoms with Crippen LogP contribution in [0.2, 0.25) is 0 Å². The zero-order valence-electron chi connectivity index (χ0n) is 40.6. The number of hydrogen-bond acceptors (Lipinski definition) is 10. The number of hydrogen-bond donors (Lipinski definition) is 1. The predicted molar refractivity (Wildman–Crippen MR) is 260 cm³/mol. The molecule has 15 heteroatoms. The molecular formula is C54H61IN6O8. The molecular weight excluding hydrogens is 988 g/mol. The Bertz CT molecular complexity index is 3030. The van der Waals surface area contributed by atoms with E-state index in [2.05, 4.69) is 58.0 Å². The van der Waals surface area contributed by atoms with Crippen LogP contribution in [0.25, 0.3) is 27.9 Å². The number of carbonyl (C=O) groups is 3. The summed E-state index contributed by atoms with van der Waals surface area (Å²) in [7, 11) is 3.31. The molecule has 69 heavy (non-hydrogen) atoms. The third kappa shape index (κ3) is 8.06. The average molecular weight is 1050 g/mol. The Kier molecular flexibility index (Phi) is 12.4. The molecule has 6 heterocycles. The fourth-order valence-electron chi connectivity index (χ4n) is 11.0. The van der Waals surface area contributed by atoms with Gasteiger partial charge in [0.15, 0.2) is 5.60 Å². The molecule has 2 saturated heterocycles. The Morgan fingerprint density at radius 1 is 0.957 bits per heavy atom. The Hall–Kier alpha value is -5.81. The predicted octanol–water partition coefficient (Wildman–Crippen LogP) is 4.62. The molecule has 1 N–H and O–H groups in total. The first-order valence-electron chi connectivity index (χ1n) is 24.4. The number of alkyl halides is 1. The molecule has 0 bridgehead atoms. The SMILES string of the molecule is CCc1c2c(nc3ccc(OC(=O)N(C)CCN(C)C(=O)OC(C)C4=C5C=C/C(=[N+]6/CCCC[I-]6)C=C5C(C)(C)c5cc(N6CCCC6)ccc54)cc13)-c1cc3c(c(=O)n1C2)COC(=O)[C@]3(O)CC. The standard InChI is InChI=1S/C54H61IN6O8/c1-8-36-39-28-35(16-19-45(39)56-48-40(36)30-60-46(48)29-44-41(49(60)62)31-67-50(63)54(44,66)9-2)69-52(65)58(7)25-24-57(6)51(64)68-32(3)47-37-17-14-33(59-21-12-13-22-59)26-42(37)53(4,5)43-27-34(15-18-38(43)47)61-23-11-10-20-55-61/h14-19,26-29,32,66H,8-13,20-25,30-31H2,1-7H3/b61-34+/t32?,54-/m0/s1. The van der Waals surface area contributed by atoms with E-state index in [0.29, 0.717) is 29.1 Å². The van der Waals surface area contributed by atoms with E-state index in [0.717, 1.165) is 52.9 Å². The van der Waals surface area contributed by atoms with Crippen LogP contribution in [0.4, 0.5) is 15.3 Å². The molecule has 2 atom stereocenters. The van der Waals surface area contributed by atoms with Crippen molar-refractivity contribution in [3.8, 4) is 17.1 Å². The van der Waals surface area contributed by atoms with Gasteiger partial charge in [0.05, 0.1) is 29.0 Å². The van der Waals surface area contributed by atoms with Gasteiger partial charge in [-0.25, -0.2) is 14.6 Å². The number of anilines is 1. The van der Waals surface area contributed by atoms with E-state index in [4.69, 9.17) is 19.2 Å². The summed E-state index contributed by atoms with van der Waals surface area (Å²) in [5, 5.41) is 12.1. The largest absolute Gasteiger partial charge is 0.458 e. The topological polar surface area (TPSA) is 147 Å². The van der Waals surface area contributed by atoms with Gasteiger partial charge in [-0.15, -0.1) is 0 Å². The number of pyridine rings is 2.